The predicted octanol–water partition coefficient (Wildman–Crippen LogP) is 2.01. The number of aromatic nitrogens is 3. The summed E-state index contributed by atoms with van der Waals surface area (Å²) in [5.74, 6) is 2.34. The van der Waals surface area contributed by atoms with E-state index in [2.05, 4.69) is 63.8 Å². The van der Waals surface area contributed by atoms with Crippen LogP contribution in [-0.2, 0) is 19.9 Å². The van der Waals surface area contributed by atoms with Gasteiger partial charge >= 0.3 is 0 Å². The van der Waals surface area contributed by atoms with Crippen molar-refractivity contribution in [1.82, 2.24) is 9.55 Å². The second kappa shape index (κ2) is 4.10. The second-order valence-corrected chi connectivity index (χ2v) is 6.90. The molecule has 0 amide bonds. The summed E-state index contributed by atoms with van der Waals surface area (Å²) in [6.07, 6.45) is 5.20. The van der Waals surface area contributed by atoms with Crippen LogP contribution in [0.15, 0.2) is 28.7 Å². The first-order valence-corrected chi connectivity index (χ1v) is 8.11. The molecule has 1 aliphatic carbocycles. The molecule has 0 spiro atoms. The van der Waals surface area contributed by atoms with Gasteiger partial charge in [-0.1, -0.05) is 17.2 Å². The molecular weight excluding hydrogens is 285 g/mol. The van der Waals surface area contributed by atoms with Gasteiger partial charge in [0.2, 0.25) is 0 Å². The van der Waals surface area contributed by atoms with Crippen molar-refractivity contribution in [2.45, 2.75) is 19.8 Å². The molecule has 22 heavy (non-hydrogen) atoms. The van der Waals surface area contributed by atoms with Crippen LogP contribution in [0.2, 0.25) is 0 Å². The summed E-state index contributed by atoms with van der Waals surface area (Å²) in [7, 11) is 2.06. The highest BCUT2D eigenvalue weighted by atomic mass is 27.0. The van der Waals surface area contributed by atoms with Crippen LogP contribution in [0, 0.1) is 6.20 Å². The first-order chi connectivity index (χ1) is 10.6. The topological polar surface area (TPSA) is 21.7 Å². The van der Waals surface area contributed by atoms with Crippen molar-refractivity contribution in [3.05, 3.63) is 57.4 Å². The molecule has 1 aliphatic heterocycles. The zero-order chi connectivity index (χ0) is 15.0. The van der Waals surface area contributed by atoms with Gasteiger partial charge in [-0.05, 0) is 25.0 Å². The molecule has 0 N–H and O–H groups in total. The zero-order valence-electron chi connectivity index (χ0n) is 12.6. The van der Waals surface area contributed by atoms with Gasteiger partial charge in [-0.15, -0.1) is 6.07 Å². The van der Waals surface area contributed by atoms with Gasteiger partial charge in [0.15, 0.2) is 33.4 Å². The van der Waals surface area contributed by atoms with E-state index in [1.807, 2.05) is 6.07 Å². The van der Waals surface area contributed by atoms with Crippen LogP contribution in [0.3, 0.4) is 0 Å². The van der Waals surface area contributed by atoms with E-state index in [0.29, 0.717) is 0 Å². The maximum Gasteiger partial charge on any atom is 0.193 e. The van der Waals surface area contributed by atoms with Crippen LogP contribution >= 0.6 is 0 Å². The number of aryl methyl sites for hydroxylation is 1. The summed E-state index contributed by atoms with van der Waals surface area (Å²) < 4.78 is 5.81. The number of pyridine rings is 1. The molecule has 2 aromatic heterocycles. The quantitative estimate of drug-likeness (QED) is 0.276. The minimum atomic E-state index is 0.901. The van der Waals surface area contributed by atoms with E-state index >= 15 is 0 Å². The van der Waals surface area contributed by atoms with Gasteiger partial charge < -0.3 is 4.57 Å². The zero-order valence-corrected chi connectivity index (χ0v) is 13.8. The predicted molar refractivity (Wildman–Crippen MR) is 85.9 cm³/mol. The van der Waals surface area contributed by atoms with E-state index in [9.17, 15) is 0 Å². The Morgan fingerprint density at radius 3 is 2.95 bits per heavy atom. The number of benzene rings is 1. The summed E-state index contributed by atoms with van der Waals surface area (Å²) >= 11 is 2.90. The van der Waals surface area contributed by atoms with Crippen LogP contribution in [0.5, 0.6) is 0 Å². The average Bonchev–Trinajstić information content (AvgIpc) is 3.10. The molecule has 0 fully saturated rings. The third kappa shape index (κ3) is 1.42. The average molecular weight is 299 g/mol. The van der Waals surface area contributed by atoms with Crippen molar-refractivity contribution in [1.29, 1.82) is 0 Å². The number of fused-ring (bicyclic) bond motifs is 7. The molecule has 0 saturated heterocycles. The van der Waals surface area contributed by atoms with Crippen LogP contribution in [0.25, 0.3) is 22.4 Å². The van der Waals surface area contributed by atoms with Gasteiger partial charge in [0.1, 0.15) is 5.52 Å². The molecule has 5 rings (SSSR count). The number of allylic oxidation sites excluding steroid dienone is 2. The minimum absolute atomic E-state index is 0.901. The molecule has 104 valence electrons. The fourth-order valence-corrected chi connectivity index (χ4v) is 4.23. The van der Waals surface area contributed by atoms with Gasteiger partial charge in [0.05, 0.1) is 7.05 Å². The van der Waals surface area contributed by atoms with E-state index in [0.717, 1.165) is 24.2 Å². The second-order valence-electron chi connectivity index (χ2n) is 6.20. The highest BCUT2D eigenvalue weighted by Crippen LogP contribution is 2.39. The lowest BCUT2D eigenvalue weighted by molar-refractivity contribution is -0.669. The molecule has 4 heteroatoms. The Kier molecular flexibility index (Phi) is 2.35. The smallest absolute Gasteiger partial charge is 0.193 e. The largest absolute Gasteiger partial charge is 0.343 e. The third-order valence-electron chi connectivity index (χ3n) is 4.93. The fourth-order valence-electron chi connectivity index (χ4n) is 3.87. The van der Waals surface area contributed by atoms with E-state index in [1.165, 1.54) is 38.0 Å². The molecule has 2 aliphatic rings. The highest BCUT2D eigenvalue weighted by Gasteiger charge is 2.30. The molecule has 0 atom stereocenters. The Morgan fingerprint density at radius 2 is 2.09 bits per heavy atom. The van der Waals surface area contributed by atoms with Gasteiger partial charge in [-0.25, -0.2) is 9.55 Å². The van der Waals surface area contributed by atoms with Gasteiger partial charge in [-0.2, -0.15) is 10.5 Å². The molecular formula is C18H14AlN3. The van der Waals surface area contributed by atoms with Crippen LogP contribution < -0.4 is 4.57 Å². The van der Waals surface area contributed by atoms with Crippen LogP contribution in [0.4, 0.5) is 0 Å². The molecule has 0 saturated carbocycles. The lowest BCUT2D eigenvalue weighted by Gasteiger charge is -2.11. The molecule has 3 heterocycles. The number of rotatable bonds is 0. The summed E-state index contributed by atoms with van der Waals surface area (Å²) in [5, 5.41) is 0. The normalized spacial score (nSPS) is 15.4. The summed E-state index contributed by atoms with van der Waals surface area (Å²) in [6.45, 7) is 2.22. The Labute approximate surface area is 137 Å². The van der Waals surface area contributed by atoms with Crippen LogP contribution in [0.1, 0.15) is 29.4 Å². The molecule has 3 nitrogen and oxygen atoms in total. The van der Waals surface area contributed by atoms with Gasteiger partial charge in [0, 0.05) is 18.2 Å². The maximum atomic E-state index is 4.89. The lowest BCUT2D eigenvalue weighted by atomic mass is 10.0. The van der Waals surface area contributed by atoms with E-state index in [1.54, 1.807) is 0 Å². The lowest BCUT2D eigenvalue weighted by Crippen LogP contribution is -2.33. The first-order valence-electron chi connectivity index (χ1n) is 7.54. The Balaban J connectivity index is 1.96. The maximum absolute atomic E-state index is 4.89. The van der Waals surface area contributed by atoms with Crippen molar-refractivity contribution in [3.63, 3.8) is 0 Å². The molecule has 0 bridgehead atoms. The summed E-state index contributed by atoms with van der Waals surface area (Å²) in [5.41, 5.74) is 7.85. The van der Waals surface area contributed by atoms with Gasteiger partial charge in [0.25, 0.3) is 0 Å². The Morgan fingerprint density at radius 1 is 1.23 bits per heavy atom. The van der Waals surface area contributed by atoms with Crippen molar-refractivity contribution >= 4 is 32.9 Å². The Hall–Kier alpha value is -1.89. The number of nitrogens with zero attached hydrogens (tertiary/aromatic N) is 3. The first kappa shape index (κ1) is 12.6. The molecule has 3 aromatic rings. The minimum Gasteiger partial charge on any atom is -0.343 e. The third-order valence-corrected chi connectivity index (χ3v) is 5.57. The number of hydrogen-bond donors (Lipinski definition) is 0. The highest BCUT2D eigenvalue weighted by molar-refractivity contribution is 6.27. The van der Waals surface area contributed by atoms with Crippen molar-refractivity contribution < 1.29 is 4.57 Å². The van der Waals surface area contributed by atoms with E-state index < -0.39 is 0 Å². The Bertz CT molecular complexity index is 1010. The van der Waals surface area contributed by atoms with Gasteiger partial charge in [-0.3, -0.25) is 0 Å². The summed E-state index contributed by atoms with van der Waals surface area (Å²) in [4.78, 5) is 4.89. The van der Waals surface area contributed by atoms with Crippen molar-refractivity contribution in [2.24, 2.45) is 7.05 Å². The van der Waals surface area contributed by atoms with Crippen LogP contribution in [-0.4, -0.2) is 25.8 Å². The monoisotopic (exact) mass is 299 g/mol. The van der Waals surface area contributed by atoms with Crippen molar-refractivity contribution in [3.8, 4) is 5.82 Å². The SMILES string of the molecule is CC1=[C]([Al])Cc2ccc3nc4n(c3c21)-c1c(cc[c-][n+]1C)C4. The summed E-state index contributed by atoms with van der Waals surface area (Å²) in [6, 6.07) is 8.55. The van der Waals surface area contributed by atoms with E-state index in [4.69, 9.17) is 4.98 Å². The fraction of sp³-hybridized carbons (Fsp3) is 0.222. The molecule has 0 unspecified atom stereocenters. The number of hydrogen-bond acceptors (Lipinski definition) is 1. The standard InChI is InChI=1S/C18H14N3.Al/c1-11-5-6-12-7-8-14-17(16(11)12)21-15(19-14)10-13-4-3-9-20(2)18(13)21;/h3-4,7-8H,6,10H2,1-2H3;. The number of imidazole rings is 1. The van der Waals surface area contributed by atoms with Crippen molar-refractivity contribution in [2.75, 3.05) is 0 Å². The van der Waals surface area contributed by atoms with E-state index in [-0.39, 0.29) is 0 Å². The molecule has 1 aromatic carbocycles. The molecule has 2 radical (unpaired) electrons.